The fourth-order valence-electron chi connectivity index (χ4n) is 2.44. The van der Waals surface area contributed by atoms with Crippen LogP contribution in [0.3, 0.4) is 0 Å². The maximum absolute atomic E-state index is 11.5. The Morgan fingerprint density at radius 2 is 1.68 bits per heavy atom. The van der Waals surface area contributed by atoms with Crippen molar-refractivity contribution in [2.75, 3.05) is 20.0 Å². The molecule has 0 radical (unpaired) electrons. The normalized spacial score (nSPS) is 10.5. The average Bonchev–Trinajstić information content (AvgIpc) is 3.14. The number of aromatic nitrogens is 3. The SMILES string of the molecule is COC(=O)CSc1nnc(COc2ccc(OC)cc2)n1-c1ccc(C)cc1. The number of aryl methyl sites for hydroxylation is 1. The van der Waals surface area contributed by atoms with Crippen molar-refractivity contribution in [3.8, 4) is 17.2 Å². The molecule has 3 aromatic rings. The van der Waals surface area contributed by atoms with E-state index in [1.807, 2.05) is 60.0 Å². The molecule has 0 N–H and O–H groups in total. The second kappa shape index (κ2) is 9.27. The molecule has 0 bridgehead atoms. The number of thioether (sulfide) groups is 1. The molecule has 8 heteroatoms. The minimum atomic E-state index is -0.320. The standard InChI is InChI=1S/C20H21N3O4S/c1-14-4-6-15(7-5-14)23-18(21-22-20(23)28-13-19(24)26-3)12-27-17-10-8-16(25-2)9-11-17/h4-11H,12-13H2,1-3H3. The van der Waals surface area contributed by atoms with Gasteiger partial charge in [0.15, 0.2) is 11.0 Å². The number of hydrogen-bond acceptors (Lipinski definition) is 7. The first-order valence-corrected chi connectivity index (χ1v) is 9.57. The molecule has 2 aromatic carbocycles. The highest BCUT2D eigenvalue weighted by Gasteiger charge is 2.16. The summed E-state index contributed by atoms with van der Waals surface area (Å²) in [7, 11) is 2.98. The van der Waals surface area contributed by atoms with Gasteiger partial charge in [-0.2, -0.15) is 0 Å². The fraction of sp³-hybridized carbons (Fsp3) is 0.250. The van der Waals surface area contributed by atoms with Crippen molar-refractivity contribution in [1.29, 1.82) is 0 Å². The molecule has 0 amide bonds. The second-order valence-corrected chi connectivity index (χ2v) is 6.84. The summed E-state index contributed by atoms with van der Waals surface area (Å²) in [5.74, 6) is 1.92. The van der Waals surface area contributed by atoms with Crippen molar-refractivity contribution in [2.45, 2.75) is 18.7 Å². The molecule has 0 unspecified atom stereocenters. The fourth-order valence-corrected chi connectivity index (χ4v) is 3.25. The number of carbonyl (C=O) groups is 1. The Morgan fingerprint density at radius 1 is 1.00 bits per heavy atom. The third-order valence-corrected chi connectivity index (χ3v) is 4.87. The highest BCUT2D eigenvalue weighted by molar-refractivity contribution is 7.99. The van der Waals surface area contributed by atoms with E-state index in [1.54, 1.807) is 7.11 Å². The summed E-state index contributed by atoms with van der Waals surface area (Å²) in [6.07, 6.45) is 0. The summed E-state index contributed by atoms with van der Waals surface area (Å²) in [5, 5.41) is 9.09. The third kappa shape index (κ3) is 4.83. The molecule has 1 aromatic heterocycles. The molecular formula is C20H21N3O4S. The van der Waals surface area contributed by atoms with E-state index in [4.69, 9.17) is 14.2 Å². The Kier molecular flexibility index (Phi) is 6.54. The van der Waals surface area contributed by atoms with Crippen LogP contribution in [-0.4, -0.2) is 40.7 Å². The molecule has 28 heavy (non-hydrogen) atoms. The van der Waals surface area contributed by atoms with Gasteiger partial charge in [0.2, 0.25) is 0 Å². The van der Waals surface area contributed by atoms with E-state index in [0.29, 0.717) is 16.7 Å². The summed E-state index contributed by atoms with van der Waals surface area (Å²) in [4.78, 5) is 11.5. The summed E-state index contributed by atoms with van der Waals surface area (Å²) >= 11 is 1.27. The minimum Gasteiger partial charge on any atom is -0.497 e. The van der Waals surface area contributed by atoms with E-state index in [2.05, 4.69) is 10.2 Å². The molecule has 146 valence electrons. The molecule has 3 rings (SSSR count). The van der Waals surface area contributed by atoms with Crippen LogP contribution < -0.4 is 9.47 Å². The minimum absolute atomic E-state index is 0.153. The molecular weight excluding hydrogens is 378 g/mol. The number of carbonyl (C=O) groups excluding carboxylic acids is 1. The smallest absolute Gasteiger partial charge is 0.316 e. The number of hydrogen-bond donors (Lipinski definition) is 0. The number of esters is 1. The predicted octanol–water partition coefficient (Wildman–Crippen LogP) is 3.43. The van der Waals surface area contributed by atoms with E-state index >= 15 is 0 Å². The molecule has 0 saturated carbocycles. The van der Waals surface area contributed by atoms with E-state index < -0.39 is 0 Å². The number of rotatable bonds is 8. The quantitative estimate of drug-likeness (QED) is 0.424. The Morgan fingerprint density at radius 3 is 2.32 bits per heavy atom. The monoisotopic (exact) mass is 399 g/mol. The van der Waals surface area contributed by atoms with E-state index in [-0.39, 0.29) is 18.3 Å². The Bertz CT molecular complexity index is 924. The number of ether oxygens (including phenoxy) is 3. The van der Waals surface area contributed by atoms with Crippen LogP contribution in [0.25, 0.3) is 5.69 Å². The Hall–Kier alpha value is -3.00. The van der Waals surface area contributed by atoms with Crippen molar-refractivity contribution in [1.82, 2.24) is 14.8 Å². The van der Waals surface area contributed by atoms with Gasteiger partial charge in [0, 0.05) is 5.69 Å². The lowest BCUT2D eigenvalue weighted by Gasteiger charge is -2.11. The van der Waals surface area contributed by atoms with Crippen LogP contribution in [0.15, 0.2) is 53.7 Å². The molecule has 1 heterocycles. The zero-order valence-electron chi connectivity index (χ0n) is 15.9. The molecule has 0 aliphatic rings. The average molecular weight is 399 g/mol. The first kappa shape index (κ1) is 19.8. The van der Waals surface area contributed by atoms with Crippen LogP contribution in [0.2, 0.25) is 0 Å². The lowest BCUT2D eigenvalue weighted by Crippen LogP contribution is -2.08. The van der Waals surface area contributed by atoms with Gasteiger partial charge in [-0.1, -0.05) is 29.5 Å². The highest BCUT2D eigenvalue weighted by Crippen LogP contribution is 2.24. The van der Waals surface area contributed by atoms with Crippen molar-refractivity contribution in [2.24, 2.45) is 0 Å². The molecule has 7 nitrogen and oxygen atoms in total. The van der Waals surface area contributed by atoms with Gasteiger partial charge in [-0.25, -0.2) is 0 Å². The topological polar surface area (TPSA) is 75.5 Å². The maximum Gasteiger partial charge on any atom is 0.316 e. The van der Waals surface area contributed by atoms with E-state index in [1.165, 1.54) is 18.9 Å². The maximum atomic E-state index is 11.5. The summed E-state index contributed by atoms with van der Waals surface area (Å²) in [6, 6.07) is 15.3. The lowest BCUT2D eigenvalue weighted by molar-refractivity contribution is -0.137. The zero-order valence-corrected chi connectivity index (χ0v) is 16.7. The van der Waals surface area contributed by atoms with E-state index in [9.17, 15) is 4.79 Å². The number of methoxy groups -OCH3 is 2. The van der Waals surface area contributed by atoms with Crippen LogP contribution in [0.1, 0.15) is 11.4 Å². The van der Waals surface area contributed by atoms with Crippen LogP contribution in [-0.2, 0) is 16.1 Å². The van der Waals surface area contributed by atoms with Crippen LogP contribution >= 0.6 is 11.8 Å². The van der Waals surface area contributed by atoms with Gasteiger partial charge < -0.3 is 14.2 Å². The van der Waals surface area contributed by atoms with Crippen molar-refractivity contribution in [3.05, 3.63) is 59.9 Å². The van der Waals surface area contributed by atoms with Crippen LogP contribution in [0.4, 0.5) is 0 Å². The summed E-state index contributed by atoms with van der Waals surface area (Å²) in [5.41, 5.74) is 2.05. The van der Waals surface area contributed by atoms with Crippen molar-refractivity contribution >= 4 is 17.7 Å². The molecule has 0 aliphatic carbocycles. The zero-order chi connectivity index (χ0) is 19.9. The molecule has 0 aliphatic heterocycles. The highest BCUT2D eigenvalue weighted by atomic mass is 32.2. The molecule has 0 fully saturated rings. The number of nitrogens with zero attached hydrogens (tertiary/aromatic N) is 3. The first-order valence-electron chi connectivity index (χ1n) is 8.58. The Balaban J connectivity index is 1.83. The van der Waals surface area contributed by atoms with E-state index in [0.717, 1.165) is 17.0 Å². The van der Waals surface area contributed by atoms with Crippen molar-refractivity contribution < 1.29 is 19.0 Å². The second-order valence-electron chi connectivity index (χ2n) is 5.90. The summed E-state index contributed by atoms with van der Waals surface area (Å²) < 4.78 is 17.6. The van der Waals surface area contributed by atoms with Crippen LogP contribution in [0.5, 0.6) is 11.5 Å². The van der Waals surface area contributed by atoms with Gasteiger partial charge >= 0.3 is 5.97 Å². The first-order chi connectivity index (χ1) is 13.6. The molecule has 0 spiro atoms. The van der Waals surface area contributed by atoms with Gasteiger partial charge in [-0.15, -0.1) is 10.2 Å². The van der Waals surface area contributed by atoms with Gasteiger partial charge in [0.05, 0.1) is 20.0 Å². The molecule has 0 saturated heterocycles. The predicted molar refractivity (Wildman–Crippen MR) is 106 cm³/mol. The third-order valence-electron chi connectivity index (χ3n) is 3.97. The van der Waals surface area contributed by atoms with Gasteiger partial charge in [-0.05, 0) is 43.3 Å². The molecule has 0 atom stereocenters. The van der Waals surface area contributed by atoms with Gasteiger partial charge in [-0.3, -0.25) is 9.36 Å². The number of benzene rings is 2. The van der Waals surface area contributed by atoms with Crippen molar-refractivity contribution in [3.63, 3.8) is 0 Å². The van der Waals surface area contributed by atoms with Gasteiger partial charge in [0.25, 0.3) is 0 Å². The van der Waals surface area contributed by atoms with Gasteiger partial charge in [0.1, 0.15) is 18.1 Å². The summed E-state index contributed by atoms with van der Waals surface area (Å²) in [6.45, 7) is 2.25. The lowest BCUT2D eigenvalue weighted by atomic mass is 10.2. The largest absolute Gasteiger partial charge is 0.497 e. The Labute approximate surface area is 167 Å². The van der Waals surface area contributed by atoms with Crippen LogP contribution in [0, 0.1) is 6.92 Å².